The Hall–Kier alpha value is -0.750. The summed E-state index contributed by atoms with van der Waals surface area (Å²) in [6.45, 7) is 4.22. The fourth-order valence-electron chi connectivity index (χ4n) is 1.25. The van der Waals surface area contributed by atoms with Crippen LogP contribution in [0.1, 0.15) is 16.7 Å². The Morgan fingerprint density at radius 3 is 2.33 bits per heavy atom. The molecule has 12 heavy (non-hydrogen) atoms. The van der Waals surface area contributed by atoms with Gasteiger partial charge in [0.15, 0.2) is 0 Å². The van der Waals surface area contributed by atoms with E-state index in [2.05, 4.69) is 38.1 Å². The van der Waals surface area contributed by atoms with Crippen molar-refractivity contribution >= 4 is 17.7 Å². The average Bonchev–Trinajstić information content (AvgIpc) is 2.04. The van der Waals surface area contributed by atoms with E-state index in [-0.39, 0.29) is 0 Å². The Labute approximate surface area is 78.9 Å². The summed E-state index contributed by atoms with van der Waals surface area (Å²) in [5, 5.41) is 0. The van der Waals surface area contributed by atoms with Crippen molar-refractivity contribution in [1.82, 2.24) is 0 Å². The van der Waals surface area contributed by atoms with Gasteiger partial charge in [-0.3, -0.25) is 0 Å². The minimum Gasteiger partial charge on any atom is -0.122 e. The number of halogens is 1. The highest BCUT2D eigenvalue weighted by Gasteiger charge is 1.95. The number of hydrogen-bond donors (Lipinski definition) is 0. The molecule has 0 unspecified atom stereocenters. The van der Waals surface area contributed by atoms with Crippen molar-refractivity contribution in [2.24, 2.45) is 0 Å². The molecule has 0 amide bonds. The lowest BCUT2D eigenvalue weighted by Crippen LogP contribution is -1.84. The summed E-state index contributed by atoms with van der Waals surface area (Å²) in [4.78, 5) is 0. The molecule has 0 aliphatic rings. The predicted molar refractivity (Wildman–Crippen MR) is 55.7 cm³/mol. The average molecular weight is 181 g/mol. The van der Waals surface area contributed by atoms with Crippen molar-refractivity contribution in [3.63, 3.8) is 0 Å². The highest BCUT2D eigenvalue weighted by Crippen LogP contribution is 2.14. The van der Waals surface area contributed by atoms with E-state index >= 15 is 0 Å². The summed E-state index contributed by atoms with van der Waals surface area (Å²) in [6, 6.07) is 6.30. The van der Waals surface area contributed by atoms with Gasteiger partial charge in [0.25, 0.3) is 0 Å². The van der Waals surface area contributed by atoms with Crippen LogP contribution in [0.4, 0.5) is 0 Å². The SMILES string of the molecule is Cc1cccc(C)c1C=CCCl. The van der Waals surface area contributed by atoms with Crippen molar-refractivity contribution in [3.8, 4) is 0 Å². The van der Waals surface area contributed by atoms with E-state index in [1.807, 2.05) is 6.08 Å². The molecule has 0 N–H and O–H groups in total. The summed E-state index contributed by atoms with van der Waals surface area (Å²) < 4.78 is 0. The molecule has 0 nitrogen and oxygen atoms in total. The molecule has 0 saturated carbocycles. The minimum atomic E-state index is 0.577. The Balaban J connectivity index is 3.04. The van der Waals surface area contributed by atoms with Gasteiger partial charge in [-0.1, -0.05) is 30.4 Å². The van der Waals surface area contributed by atoms with Crippen LogP contribution in [0.5, 0.6) is 0 Å². The van der Waals surface area contributed by atoms with Crippen molar-refractivity contribution in [2.75, 3.05) is 5.88 Å². The number of aryl methyl sites for hydroxylation is 2. The van der Waals surface area contributed by atoms with Crippen LogP contribution in [0.15, 0.2) is 24.3 Å². The van der Waals surface area contributed by atoms with Gasteiger partial charge >= 0.3 is 0 Å². The molecule has 1 aromatic rings. The molecule has 0 fully saturated rings. The summed E-state index contributed by atoms with van der Waals surface area (Å²) in [5.41, 5.74) is 3.89. The van der Waals surface area contributed by atoms with Gasteiger partial charge in [-0.2, -0.15) is 0 Å². The van der Waals surface area contributed by atoms with Crippen LogP contribution in [0.2, 0.25) is 0 Å². The van der Waals surface area contributed by atoms with Gasteiger partial charge in [0.05, 0.1) is 0 Å². The van der Waals surface area contributed by atoms with E-state index in [1.54, 1.807) is 0 Å². The molecule has 0 radical (unpaired) electrons. The first-order valence-electron chi connectivity index (χ1n) is 4.04. The minimum absolute atomic E-state index is 0.577. The van der Waals surface area contributed by atoms with Crippen molar-refractivity contribution < 1.29 is 0 Å². The third-order valence-corrected chi connectivity index (χ3v) is 2.09. The zero-order chi connectivity index (χ0) is 8.97. The highest BCUT2D eigenvalue weighted by molar-refractivity contribution is 6.19. The number of benzene rings is 1. The molecule has 0 aromatic heterocycles. The monoisotopic (exact) mass is 180 g/mol. The van der Waals surface area contributed by atoms with Crippen molar-refractivity contribution in [1.29, 1.82) is 0 Å². The van der Waals surface area contributed by atoms with Gasteiger partial charge in [-0.25, -0.2) is 0 Å². The third kappa shape index (κ3) is 2.12. The summed E-state index contributed by atoms with van der Waals surface area (Å²) in [6.07, 6.45) is 4.05. The standard InChI is InChI=1S/C11H13Cl/c1-9-5-3-6-10(2)11(9)7-4-8-12/h3-7H,8H2,1-2H3. The fourth-order valence-corrected chi connectivity index (χ4v) is 1.34. The molecule has 0 spiro atoms. The molecule has 1 aromatic carbocycles. The smallest absolute Gasteiger partial charge is 0.0407 e. The Morgan fingerprint density at radius 2 is 1.83 bits per heavy atom. The van der Waals surface area contributed by atoms with E-state index in [0.717, 1.165) is 0 Å². The summed E-state index contributed by atoms with van der Waals surface area (Å²) in [5.74, 6) is 0.577. The lowest BCUT2D eigenvalue weighted by molar-refractivity contribution is 1.35. The highest BCUT2D eigenvalue weighted by atomic mass is 35.5. The lowest BCUT2D eigenvalue weighted by atomic mass is 10.0. The maximum absolute atomic E-state index is 5.57. The topological polar surface area (TPSA) is 0 Å². The number of alkyl halides is 1. The predicted octanol–water partition coefficient (Wildman–Crippen LogP) is 3.56. The van der Waals surface area contributed by atoms with E-state index in [1.165, 1.54) is 16.7 Å². The summed E-state index contributed by atoms with van der Waals surface area (Å²) >= 11 is 5.57. The zero-order valence-electron chi connectivity index (χ0n) is 7.47. The van der Waals surface area contributed by atoms with E-state index in [9.17, 15) is 0 Å². The van der Waals surface area contributed by atoms with Gasteiger partial charge in [-0.15, -0.1) is 11.6 Å². The molecule has 0 bridgehead atoms. The lowest BCUT2D eigenvalue weighted by Gasteiger charge is -2.03. The Kier molecular flexibility index (Phi) is 3.36. The largest absolute Gasteiger partial charge is 0.122 e. The quantitative estimate of drug-likeness (QED) is 0.611. The van der Waals surface area contributed by atoms with Crippen LogP contribution < -0.4 is 0 Å². The van der Waals surface area contributed by atoms with E-state index < -0.39 is 0 Å². The second-order valence-corrected chi connectivity index (χ2v) is 3.17. The molecule has 1 rings (SSSR count). The molecule has 0 heterocycles. The first-order chi connectivity index (χ1) is 5.75. The molecule has 0 saturated heterocycles. The van der Waals surface area contributed by atoms with Crippen LogP contribution in [0.3, 0.4) is 0 Å². The molecule has 0 atom stereocenters. The van der Waals surface area contributed by atoms with Gasteiger partial charge in [0.2, 0.25) is 0 Å². The second-order valence-electron chi connectivity index (χ2n) is 2.86. The molecule has 64 valence electrons. The van der Waals surface area contributed by atoms with Gasteiger partial charge in [0.1, 0.15) is 0 Å². The van der Waals surface area contributed by atoms with Crippen LogP contribution in [-0.2, 0) is 0 Å². The number of allylic oxidation sites excluding steroid dienone is 1. The van der Waals surface area contributed by atoms with E-state index in [4.69, 9.17) is 11.6 Å². The van der Waals surface area contributed by atoms with Gasteiger partial charge in [-0.05, 0) is 30.5 Å². The zero-order valence-corrected chi connectivity index (χ0v) is 8.23. The Bertz CT molecular complexity index is 267. The van der Waals surface area contributed by atoms with Crippen molar-refractivity contribution in [2.45, 2.75) is 13.8 Å². The molecular formula is C11H13Cl. The van der Waals surface area contributed by atoms with Crippen LogP contribution in [0, 0.1) is 13.8 Å². The first kappa shape index (κ1) is 9.34. The second kappa shape index (κ2) is 4.32. The number of rotatable bonds is 2. The Morgan fingerprint density at radius 1 is 1.25 bits per heavy atom. The molecule has 0 aliphatic heterocycles. The number of hydrogen-bond acceptors (Lipinski definition) is 0. The molecular weight excluding hydrogens is 168 g/mol. The first-order valence-corrected chi connectivity index (χ1v) is 4.58. The van der Waals surface area contributed by atoms with Crippen LogP contribution in [-0.4, -0.2) is 5.88 Å². The van der Waals surface area contributed by atoms with Gasteiger partial charge in [0, 0.05) is 5.88 Å². The molecule has 1 heteroatoms. The maximum atomic E-state index is 5.57. The molecule has 0 aliphatic carbocycles. The normalized spacial score (nSPS) is 10.9. The summed E-state index contributed by atoms with van der Waals surface area (Å²) in [7, 11) is 0. The van der Waals surface area contributed by atoms with Crippen LogP contribution in [0.25, 0.3) is 6.08 Å². The van der Waals surface area contributed by atoms with Gasteiger partial charge < -0.3 is 0 Å². The third-order valence-electron chi connectivity index (χ3n) is 1.92. The van der Waals surface area contributed by atoms with Crippen molar-refractivity contribution in [3.05, 3.63) is 41.0 Å². The van der Waals surface area contributed by atoms with E-state index in [0.29, 0.717) is 5.88 Å². The fraction of sp³-hybridized carbons (Fsp3) is 0.273. The maximum Gasteiger partial charge on any atom is 0.0407 e. The van der Waals surface area contributed by atoms with Crippen LogP contribution >= 0.6 is 11.6 Å².